The molecule has 0 amide bonds. The SMILES string of the molecule is CCCCCCCCCCCCCCCC(=O)C(O)[C@@H](O)[C@@H](O)[C@H](O)[C@@H](O)C=O. The molecule has 1 unspecified atom stereocenters. The molecule has 5 N–H and O–H groups in total. The van der Waals surface area contributed by atoms with Gasteiger partial charge in [-0.3, -0.25) is 4.79 Å². The van der Waals surface area contributed by atoms with Gasteiger partial charge in [0.25, 0.3) is 0 Å². The van der Waals surface area contributed by atoms with E-state index < -0.39 is 36.3 Å². The third-order valence-corrected chi connectivity index (χ3v) is 5.37. The van der Waals surface area contributed by atoms with Gasteiger partial charge in [0, 0.05) is 6.42 Å². The highest BCUT2D eigenvalue weighted by molar-refractivity contribution is 5.83. The van der Waals surface area contributed by atoms with Gasteiger partial charge in [-0.25, -0.2) is 0 Å². The van der Waals surface area contributed by atoms with E-state index in [1.165, 1.54) is 57.8 Å². The van der Waals surface area contributed by atoms with Gasteiger partial charge in [-0.05, 0) is 6.42 Å². The van der Waals surface area contributed by atoms with Gasteiger partial charge in [0.2, 0.25) is 0 Å². The molecular formula is C22H42O7. The average Bonchev–Trinajstić information content (AvgIpc) is 2.73. The third-order valence-electron chi connectivity index (χ3n) is 5.37. The molecule has 0 aromatic carbocycles. The van der Waals surface area contributed by atoms with Crippen LogP contribution in [-0.2, 0) is 9.59 Å². The normalized spacial score (nSPS) is 16.8. The molecule has 0 fully saturated rings. The molecule has 5 atom stereocenters. The lowest BCUT2D eigenvalue weighted by Gasteiger charge is -2.26. The molecule has 0 aliphatic heterocycles. The van der Waals surface area contributed by atoms with Crippen molar-refractivity contribution in [1.82, 2.24) is 0 Å². The van der Waals surface area contributed by atoms with Crippen LogP contribution in [0.2, 0.25) is 0 Å². The summed E-state index contributed by atoms with van der Waals surface area (Å²) in [7, 11) is 0. The van der Waals surface area contributed by atoms with E-state index >= 15 is 0 Å². The van der Waals surface area contributed by atoms with E-state index in [-0.39, 0.29) is 12.7 Å². The van der Waals surface area contributed by atoms with Crippen LogP contribution in [0, 0.1) is 0 Å². The molecule has 0 rings (SSSR count). The van der Waals surface area contributed by atoms with Gasteiger partial charge < -0.3 is 30.3 Å². The zero-order chi connectivity index (χ0) is 22.1. The summed E-state index contributed by atoms with van der Waals surface area (Å²) < 4.78 is 0. The Balaban J connectivity index is 3.74. The van der Waals surface area contributed by atoms with Gasteiger partial charge in [0.15, 0.2) is 12.1 Å². The van der Waals surface area contributed by atoms with E-state index in [0.29, 0.717) is 6.42 Å². The molecule has 7 heteroatoms. The summed E-state index contributed by atoms with van der Waals surface area (Å²) in [4.78, 5) is 22.3. The van der Waals surface area contributed by atoms with Crippen molar-refractivity contribution in [2.45, 2.75) is 127 Å². The van der Waals surface area contributed by atoms with Crippen molar-refractivity contribution in [2.75, 3.05) is 0 Å². The van der Waals surface area contributed by atoms with Gasteiger partial charge in [0.05, 0.1) is 0 Å². The lowest BCUT2D eigenvalue weighted by atomic mass is 9.95. The summed E-state index contributed by atoms with van der Waals surface area (Å²) in [6.45, 7) is 2.22. The quantitative estimate of drug-likeness (QED) is 0.151. The summed E-state index contributed by atoms with van der Waals surface area (Å²) in [5.74, 6) is -0.632. The highest BCUT2D eigenvalue weighted by atomic mass is 16.4. The molecule has 0 spiro atoms. The fraction of sp³-hybridized carbons (Fsp3) is 0.909. The second-order valence-electron chi connectivity index (χ2n) is 8.00. The summed E-state index contributed by atoms with van der Waals surface area (Å²) in [5.41, 5.74) is 0. The van der Waals surface area contributed by atoms with E-state index in [1.54, 1.807) is 0 Å². The number of aldehydes is 1. The molecule has 0 bridgehead atoms. The first-order chi connectivity index (χ1) is 13.9. The Hall–Kier alpha value is -0.860. The zero-order valence-electron chi connectivity index (χ0n) is 17.9. The maximum absolute atomic E-state index is 11.9. The minimum absolute atomic E-state index is 0.00240. The summed E-state index contributed by atoms with van der Waals surface area (Å²) in [5, 5.41) is 47.9. The zero-order valence-corrected chi connectivity index (χ0v) is 17.9. The Kier molecular flexibility index (Phi) is 17.4. The topological polar surface area (TPSA) is 135 Å². The molecule has 0 aromatic heterocycles. The number of hydrogen-bond donors (Lipinski definition) is 5. The lowest BCUT2D eigenvalue weighted by molar-refractivity contribution is -0.154. The molecule has 0 aliphatic carbocycles. The van der Waals surface area contributed by atoms with Gasteiger partial charge >= 0.3 is 0 Å². The van der Waals surface area contributed by atoms with Crippen LogP contribution in [0.15, 0.2) is 0 Å². The van der Waals surface area contributed by atoms with Gasteiger partial charge in [0.1, 0.15) is 30.5 Å². The number of hydrogen-bond acceptors (Lipinski definition) is 7. The van der Waals surface area contributed by atoms with E-state index in [1.807, 2.05) is 0 Å². The number of unbranched alkanes of at least 4 members (excludes halogenated alkanes) is 12. The number of aliphatic hydroxyl groups excluding tert-OH is 5. The average molecular weight is 419 g/mol. The molecular weight excluding hydrogens is 376 g/mol. The lowest BCUT2D eigenvalue weighted by Crippen LogP contribution is -2.51. The molecule has 0 saturated carbocycles. The van der Waals surface area contributed by atoms with Crippen molar-refractivity contribution < 1.29 is 35.1 Å². The Morgan fingerprint density at radius 3 is 1.48 bits per heavy atom. The van der Waals surface area contributed by atoms with E-state index in [0.717, 1.165) is 19.3 Å². The van der Waals surface area contributed by atoms with Gasteiger partial charge in [-0.2, -0.15) is 0 Å². The fourth-order valence-corrected chi connectivity index (χ4v) is 3.33. The Morgan fingerprint density at radius 2 is 1.07 bits per heavy atom. The minimum Gasteiger partial charge on any atom is -0.387 e. The van der Waals surface area contributed by atoms with E-state index in [9.17, 15) is 30.0 Å². The van der Waals surface area contributed by atoms with Crippen LogP contribution in [0.4, 0.5) is 0 Å². The second kappa shape index (κ2) is 18.0. The largest absolute Gasteiger partial charge is 0.387 e. The summed E-state index contributed by atoms with van der Waals surface area (Å²) in [6.07, 6.45) is 5.57. The summed E-state index contributed by atoms with van der Waals surface area (Å²) >= 11 is 0. The van der Waals surface area contributed by atoms with Crippen molar-refractivity contribution in [1.29, 1.82) is 0 Å². The number of rotatable bonds is 20. The van der Waals surface area contributed by atoms with Gasteiger partial charge in [-0.1, -0.05) is 84.0 Å². The van der Waals surface area contributed by atoms with Crippen molar-refractivity contribution >= 4 is 12.1 Å². The van der Waals surface area contributed by atoms with E-state index in [4.69, 9.17) is 5.11 Å². The number of aliphatic hydroxyl groups is 5. The Labute approximate surface area is 175 Å². The van der Waals surface area contributed by atoms with Crippen LogP contribution >= 0.6 is 0 Å². The van der Waals surface area contributed by atoms with Crippen LogP contribution in [0.25, 0.3) is 0 Å². The van der Waals surface area contributed by atoms with Crippen molar-refractivity contribution in [2.24, 2.45) is 0 Å². The monoisotopic (exact) mass is 418 g/mol. The first kappa shape index (κ1) is 28.1. The number of Topliss-reactive ketones (excluding diaryl/α,β-unsaturated/α-hetero) is 1. The molecule has 0 aromatic rings. The first-order valence-electron chi connectivity index (χ1n) is 11.2. The maximum Gasteiger partial charge on any atom is 0.164 e. The summed E-state index contributed by atoms with van der Waals surface area (Å²) in [6, 6.07) is 0. The molecule has 172 valence electrons. The predicted molar refractivity (Wildman–Crippen MR) is 111 cm³/mol. The molecule has 0 radical (unpaired) electrons. The maximum atomic E-state index is 11.9. The molecule has 7 nitrogen and oxygen atoms in total. The molecule has 0 saturated heterocycles. The Morgan fingerprint density at radius 1 is 0.655 bits per heavy atom. The van der Waals surface area contributed by atoms with Gasteiger partial charge in [-0.15, -0.1) is 0 Å². The smallest absolute Gasteiger partial charge is 0.164 e. The molecule has 29 heavy (non-hydrogen) atoms. The van der Waals surface area contributed by atoms with Crippen LogP contribution in [0.3, 0.4) is 0 Å². The minimum atomic E-state index is -2.00. The third kappa shape index (κ3) is 13.1. The predicted octanol–water partition coefficient (Wildman–Crippen LogP) is 2.04. The number of carbonyl (C=O) groups excluding carboxylic acids is 2. The second-order valence-corrected chi connectivity index (χ2v) is 8.00. The highest BCUT2D eigenvalue weighted by Gasteiger charge is 2.36. The van der Waals surface area contributed by atoms with Crippen LogP contribution < -0.4 is 0 Å². The molecule has 0 aliphatic rings. The van der Waals surface area contributed by atoms with Crippen LogP contribution in [0.5, 0.6) is 0 Å². The van der Waals surface area contributed by atoms with Crippen LogP contribution in [-0.4, -0.2) is 68.1 Å². The molecule has 0 heterocycles. The van der Waals surface area contributed by atoms with Crippen molar-refractivity contribution in [3.8, 4) is 0 Å². The number of carbonyl (C=O) groups is 2. The van der Waals surface area contributed by atoms with Crippen molar-refractivity contribution in [3.05, 3.63) is 0 Å². The Bertz CT molecular complexity index is 416. The first-order valence-corrected chi connectivity index (χ1v) is 11.2. The standard InChI is InChI=1S/C22H42O7/c1-2-3-4-5-6-7-8-9-10-11-12-13-14-15-17(24)19(26)21(28)22(29)20(27)18(25)16-23/h16,18-22,25-29H,2-15H2,1H3/t18-,19?,20+,21+,22-/m0/s1. The number of ketones is 1. The van der Waals surface area contributed by atoms with E-state index in [2.05, 4.69) is 6.92 Å². The highest BCUT2D eigenvalue weighted by Crippen LogP contribution is 2.14. The van der Waals surface area contributed by atoms with Crippen LogP contribution in [0.1, 0.15) is 96.8 Å². The fourth-order valence-electron chi connectivity index (χ4n) is 3.33. The van der Waals surface area contributed by atoms with Crippen molar-refractivity contribution in [3.63, 3.8) is 0 Å².